The number of aliphatic carboxylic acids is 1. The molecule has 0 saturated heterocycles. The lowest BCUT2D eigenvalue weighted by atomic mass is 10.1. The van der Waals surface area contributed by atoms with Crippen LogP contribution in [-0.2, 0) is 14.8 Å². The zero-order valence-electron chi connectivity index (χ0n) is 12.0. The van der Waals surface area contributed by atoms with Crippen LogP contribution in [-0.4, -0.2) is 32.6 Å². The van der Waals surface area contributed by atoms with Crippen LogP contribution in [0.5, 0.6) is 5.75 Å². The number of hydrogen-bond acceptors (Lipinski definition) is 4. The van der Waals surface area contributed by atoms with E-state index in [-0.39, 0.29) is 23.0 Å². The molecule has 1 atom stereocenters. The maximum atomic E-state index is 13.3. The number of methoxy groups -OCH3 is 1. The molecule has 0 fully saturated rings. The van der Waals surface area contributed by atoms with E-state index in [2.05, 4.69) is 4.72 Å². The highest BCUT2D eigenvalue weighted by Crippen LogP contribution is 2.21. The van der Waals surface area contributed by atoms with Crippen molar-refractivity contribution in [2.24, 2.45) is 5.92 Å². The van der Waals surface area contributed by atoms with Gasteiger partial charge in [0.05, 0.1) is 12.0 Å². The summed E-state index contributed by atoms with van der Waals surface area (Å²) in [6.07, 6.45) is 0.146. The first kappa shape index (κ1) is 17.4. The quantitative estimate of drug-likeness (QED) is 0.796. The molecule has 21 heavy (non-hydrogen) atoms. The Labute approximate surface area is 123 Å². The minimum Gasteiger partial charge on any atom is -0.494 e. The Morgan fingerprint density at radius 1 is 1.43 bits per heavy atom. The van der Waals surface area contributed by atoms with Crippen molar-refractivity contribution in [3.63, 3.8) is 0 Å². The van der Waals surface area contributed by atoms with E-state index in [4.69, 9.17) is 9.84 Å². The Kier molecular flexibility index (Phi) is 5.68. The first-order chi connectivity index (χ1) is 9.67. The summed E-state index contributed by atoms with van der Waals surface area (Å²) in [5.74, 6) is -2.19. The van der Waals surface area contributed by atoms with Gasteiger partial charge in [0, 0.05) is 6.07 Å². The fourth-order valence-corrected chi connectivity index (χ4v) is 2.95. The summed E-state index contributed by atoms with van der Waals surface area (Å²) >= 11 is 0. The van der Waals surface area contributed by atoms with Gasteiger partial charge in [-0.3, -0.25) is 4.79 Å². The molecule has 0 aliphatic carbocycles. The number of hydrogen-bond donors (Lipinski definition) is 2. The fraction of sp³-hybridized carbons (Fsp3) is 0.462. The van der Waals surface area contributed by atoms with Gasteiger partial charge >= 0.3 is 5.97 Å². The number of carboxylic acids is 1. The zero-order valence-corrected chi connectivity index (χ0v) is 12.8. The number of carbonyl (C=O) groups is 1. The summed E-state index contributed by atoms with van der Waals surface area (Å²) in [7, 11) is -2.87. The second-order valence-corrected chi connectivity index (χ2v) is 6.65. The molecule has 1 rings (SSSR count). The summed E-state index contributed by atoms with van der Waals surface area (Å²) in [6, 6.07) is 1.76. The van der Waals surface area contributed by atoms with Crippen molar-refractivity contribution in [3.05, 3.63) is 24.0 Å². The van der Waals surface area contributed by atoms with Crippen molar-refractivity contribution in [2.75, 3.05) is 7.11 Å². The monoisotopic (exact) mass is 319 g/mol. The molecule has 0 aliphatic rings. The van der Waals surface area contributed by atoms with E-state index in [0.29, 0.717) is 0 Å². The lowest BCUT2D eigenvalue weighted by molar-refractivity contribution is -0.139. The minimum absolute atomic E-state index is 0.00319. The fourth-order valence-electron chi connectivity index (χ4n) is 1.73. The molecule has 0 aromatic heterocycles. The van der Waals surface area contributed by atoms with Crippen LogP contribution in [0.25, 0.3) is 0 Å². The Bertz CT molecular complexity index is 615. The number of ether oxygens (including phenoxy) is 1. The first-order valence-electron chi connectivity index (χ1n) is 6.26. The third-order valence-electron chi connectivity index (χ3n) is 2.74. The smallest absolute Gasteiger partial charge is 0.321 e. The predicted octanol–water partition coefficient (Wildman–Crippen LogP) is 1.61. The van der Waals surface area contributed by atoms with Gasteiger partial charge in [0.25, 0.3) is 0 Å². The van der Waals surface area contributed by atoms with E-state index >= 15 is 0 Å². The van der Waals surface area contributed by atoms with E-state index in [1.165, 1.54) is 7.11 Å². The lowest BCUT2D eigenvalue weighted by Crippen LogP contribution is -2.41. The molecular formula is C13H18FNO5S. The number of nitrogens with one attached hydrogen (secondary N) is 1. The van der Waals surface area contributed by atoms with Crippen molar-refractivity contribution in [1.29, 1.82) is 0 Å². The molecule has 0 saturated carbocycles. The summed E-state index contributed by atoms with van der Waals surface area (Å²) < 4.78 is 44.4. The Balaban J connectivity index is 3.07. The van der Waals surface area contributed by atoms with E-state index in [1.54, 1.807) is 13.8 Å². The van der Waals surface area contributed by atoms with E-state index in [0.717, 1.165) is 18.2 Å². The second-order valence-electron chi connectivity index (χ2n) is 4.94. The summed E-state index contributed by atoms with van der Waals surface area (Å²) in [4.78, 5) is 10.9. The number of halogens is 1. The van der Waals surface area contributed by atoms with Crippen LogP contribution < -0.4 is 9.46 Å². The lowest BCUT2D eigenvalue weighted by Gasteiger charge is -2.17. The zero-order chi connectivity index (χ0) is 16.2. The number of rotatable bonds is 7. The Morgan fingerprint density at radius 2 is 2.05 bits per heavy atom. The molecule has 0 heterocycles. The molecule has 2 N–H and O–H groups in total. The van der Waals surface area contributed by atoms with Crippen LogP contribution >= 0.6 is 0 Å². The number of sulfonamides is 1. The normalized spacial score (nSPS) is 13.2. The van der Waals surface area contributed by atoms with Gasteiger partial charge in [-0.25, -0.2) is 12.8 Å². The molecule has 118 valence electrons. The van der Waals surface area contributed by atoms with Gasteiger partial charge in [-0.05, 0) is 24.5 Å². The van der Waals surface area contributed by atoms with Crippen LogP contribution in [0, 0.1) is 11.7 Å². The maximum Gasteiger partial charge on any atom is 0.321 e. The average molecular weight is 319 g/mol. The van der Waals surface area contributed by atoms with Crippen molar-refractivity contribution < 1.29 is 27.4 Å². The largest absolute Gasteiger partial charge is 0.494 e. The number of carboxylic acid groups (broad SMARTS) is 1. The minimum atomic E-state index is -4.08. The Morgan fingerprint density at radius 3 is 2.52 bits per heavy atom. The number of benzene rings is 1. The molecule has 1 unspecified atom stereocenters. The molecule has 0 spiro atoms. The Hall–Kier alpha value is -1.67. The highest BCUT2D eigenvalue weighted by molar-refractivity contribution is 7.89. The molecule has 6 nitrogen and oxygen atoms in total. The summed E-state index contributed by atoms with van der Waals surface area (Å²) in [6.45, 7) is 3.57. The van der Waals surface area contributed by atoms with Gasteiger partial charge in [-0.2, -0.15) is 4.72 Å². The second kappa shape index (κ2) is 6.86. The predicted molar refractivity (Wildman–Crippen MR) is 74.2 cm³/mol. The molecule has 8 heteroatoms. The van der Waals surface area contributed by atoms with Crippen LogP contribution in [0.2, 0.25) is 0 Å². The highest BCUT2D eigenvalue weighted by atomic mass is 32.2. The van der Waals surface area contributed by atoms with Crippen LogP contribution in [0.4, 0.5) is 4.39 Å². The molecule has 0 radical (unpaired) electrons. The molecule has 1 aromatic rings. The van der Waals surface area contributed by atoms with E-state index < -0.39 is 27.9 Å². The van der Waals surface area contributed by atoms with E-state index in [9.17, 15) is 17.6 Å². The molecule has 0 aliphatic heterocycles. The van der Waals surface area contributed by atoms with Crippen LogP contribution in [0.1, 0.15) is 20.3 Å². The van der Waals surface area contributed by atoms with Crippen LogP contribution in [0.3, 0.4) is 0 Å². The average Bonchev–Trinajstić information content (AvgIpc) is 2.37. The molecule has 0 bridgehead atoms. The topological polar surface area (TPSA) is 92.7 Å². The first-order valence-corrected chi connectivity index (χ1v) is 7.74. The van der Waals surface area contributed by atoms with Gasteiger partial charge in [-0.1, -0.05) is 13.8 Å². The molecule has 1 aromatic carbocycles. The van der Waals surface area contributed by atoms with Crippen molar-refractivity contribution in [3.8, 4) is 5.75 Å². The van der Waals surface area contributed by atoms with Crippen LogP contribution in [0.15, 0.2) is 23.1 Å². The third kappa shape index (κ3) is 4.68. The van der Waals surface area contributed by atoms with Crippen molar-refractivity contribution in [2.45, 2.75) is 31.2 Å². The summed E-state index contributed by atoms with van der Waals surface area (Å²) in [5.41, 5.74) is 0. The van der Waals surface area contributed by atoms with Gasteiger partial charge < -0.3 is 9.84 Å². The van der Waals surface area contributed by atoms with Gasteiger partial charge in [0.2, 0.25) is 10.0 Å². The van der Waals surface area contributed by atoms with E-state index in [1.807, 2.05) is 0 Å². The molecule has 0 amide bonds. The molecular weight excluding hydrogens is 301 g/mol. The summed E-state index contributed by atoms with van der Waals surface area (Å²) in [5, 5.41) is 9.07. The van der Waals surface area contributed by atoms with Gasteiger partial charge in [0.1, 0.15) is 6.04 Å². The third-order valence-corrected chi connectivity index (χ3v) is 4.20. The maximum absolute atomic E-state index is 13.3. The van der Waals surface area contributed by atoms with Crippen molar-refractivity contribution >= 4 is 16.0 Å². The van der Waals surface area contributed by atoms with Crippen molar-refractivity contribution in [1.82, 2.24) is 4.72 Å². The van der Waals surface area contributed by atoms with Gasteiger partial charge in [0.15, 0.2) is 11.6 Å². The standard InChI is InChI=1S/C13H18FNO5S/c1-8(2)6-11(13(16)17)15-21(18,19)9-4-5-10(14)12(7-9)20-3/h4-5,7-8,11,15H,6H2,1-3H3,(H,16,17). The highest BCUT2D eigenvalue weighted by Gasteiger charge is 2.26. The SMILES string of the molecule is COc1cc(S(=O)(=O)NC(CC(C)C)C(=O)O)ccc1F. The van der Waals surface area contributed by atoms with Gasteiger partial charge in [-0.15, -0.1) is 0 Å².